The van der Waals surface area contributed by atoms with Gasteiger partial charge in [-0.1, -0.05) is 41.9 Å². The highest BCUT2D eigenvalue weighted by atomic mass is 35.5. The summed E-state index contributed by atoms with van der Waals surface area (Å²) in [4.78, 5) is 8.04. The molecular weight excluding hydrogens is 303 g/mol. The third-order valence-corrected chi connectivity index (χ3v) is 3.28. The van der Waals surface area contributed by atoms with Crippen molar-refractivity contribution in [3.63, 3.8) is 0 Å². The van der Waals surface area contributed by atoms with Gasteiger partial charge in [0.15, 0.2) is 11.6 Å². The highest BCUT2D eigenvalue weighted by Crippen LogP contribution is 2.25. The summed E-state index contributed by atoms with van der Waals surface area (Å²) in [6, 6.07) is 14.3. The molecule has 0 unspecified atom stereocenters. The Morgan fingerprint density at radius 3 is 2.50 bits per heavy atom. The molecule has 0 aliphatic carbocycles. The van der Waals surface area contributed by atoms with Gasteiger partial charge in [0.25, 0.3) is 0 Å². The lowest BCUT2D eigenvalue weighted by molar-refractivity contribution is 0.290. The SMILES string of the molecule is Fc1cc(-c2cnc(Cl)cn2)ccc1OCc1ccccc1. The van der Waals surface area contributed by atoms with Crippen LogP contribution in [0.2, 0.25) is 5.15 Å². The number of rotatable bonds is 4. The molecule has 0 saturated heterocycles. The predicted molar refractivity (Wildman–Crippen MR) is 83.2 cm³/mol. The highest BCUT2D eigenvalue weighted by Gasteiger charge is 2.08. The first-order valence-corrected chi connectivity index (χ1v) is 7.04. The van der Waals surface area contributed by atoms with Crippen molar-refractivity contribution in [2.24, 2.45) is 0 Å². The lowest BCUT2D eigenvalue weighted by Gasteiger charge is -2.08. The van der Waals surface area contributed by atoms with Crippen molar-refractivity contribution in [3.05, 3.63) is 77.5 Å². The summed E-state index contributed by atoms with van der Waals surface area (Å²) < 4.78 is 19.6. The molecule has 0 amide bonds. The molecule has 0 aliphatic heterocycles. The monoisotopic (exact) mass is 314 g/mol. The van der Waals surface area contributed by atoms with Crippen LogP contribution in [0.25, 0.3) is 11.3 Å². The largest absolute Gasteiger partial charge is 0.486 e. The van der Waals surface area contributed by atoms with Crippen molar-refractivity contribution in [2.45, 2.75) is 6.61 Å². The molecule has 0 saturated carbocycles. The molecule has 3 rings (SSSR count). The first kappa shape index (κ1) is 14.5. The molecule has 0 atom stereocenters. The minimum Gasteiger partial charge on any atom is -0.486 e. The zero-order chi connectivity index (χ0) is 15.4. The van der Waals surface area contributed by atoms with Crippen LogP contribution in [0.4, 0.5) is 4.39 Å². The fourth-order valence-electron chi connectivity index (χ4n) is 1.97. The van der Waals surface area contributed by atoms with Gasteiger partial charge in [-0.05, 0) is 23.8 Å². The van der Waals surface area contributed by atoms with Gasteiger partial charge in [-0.2, -0.15) is 0 Å². The van der Waals surface area contributed by atoms with Gasteiger partial charge in [-0.3, -0.25) is 4.98 Å². The number of aromatic nitrogens is 2. The third kappa shape index (κ3) is 3.40. The fraction of sp³-hybridized carbons (Fsp3) is 0.0588. The molecule has 110 valence electrons. The van der Waals surface area contributed by atoms with Gasteiger partial charge in [0.05, 0.1) is 18.1 Å². The number of halogens is 2. The van der Waals surface area contributed by atoms with Crippen LogP contribution >= 0.6 is 11.6 Å². The second-order valence-corrected chi connectivity index (χ2v) is 5.03. The topological polar surface area (TPSA) is 35.0 Å². The molecule has 0 spiro atoms. The first-order valence-electron chi connectivity index (χ1n) is 6.66. The number of nitrogens with zero attached hydrogens (tertiary/aromatic N) is 2. The second kappa shape index (κ2) is 6.54. The Bertz CT molecular complexity index is 763. The summed E-state index contributed by atoms with van der Waals surface area (Å²) in [6.07, 6.45) is 2.93. The summed E-state index contributed by atoms with van der Waals surface area (Å²) >= 11 is 5.69. The number of hydrogen-bond donors (Lipinski definition) is 0. The predicted octanol–water partition coefficient (Wildman–Crippen LogP) is 4.52. The lowest BCUT2D eigenvalue weighted by atomic mass is 10.1. The normalized spacial score (nSPS) is 10.5. The van der Waals surface area contributed by atoms with E-state index in [4.69, 9.17) is 16.3 Å². The van der Waals surface area contributed by atoms with E-state index in [2.05, 4.69) is 9.97 Å². The minimum absolute atomic E-state index is 0.203. The van der Waals surface area contributed by atoms with E-state index in [1.807, 2.05) is 30.3 Å². The van der Waals surface area contributed by atoms with Gasteiger partial charge in [0.2, 0.25) is 0 Å². The summed E-state index contributed by atoms with van der Waals surface area (Å²) in [5.74, 6) is -0.236. The van der Waals surface area contributed by atoms with E-state index in [-0.39, 0.29) is 5.75 Å². The van der Waals surface area contributed by atoms with Gasteiger partial charge >= 0.3 is 0 Å². The molecule has 3 nitrogen and oxygen atoms in total. The van der Waals surface area contributed by atoms with E-state index in [1.165, 1.54) is 18.5 Å². The minimum atomic E-state index is -0.440. The smallest absolute Gasteiger partial charge is 0.165 e. The van der Waals surface area contributed by atoms with Crippen LogP contribution in [0.15, 0.2) is 60.9 Å². The van der Waals surface area contributed by atoms with Crippen LogP contribution in [-0.2, 0) is 6.61 Å². The van der Waals surface area contributed by atoms with Crippen molar-refractivity contribution >= 4 is 11.6 Å². The Hall–Kier alpha value is -2.46. The first-order chi connectivity index (χ1) is 10.7. The molecule has 22 heavy (non-hydrogen) atoms. The van der Waals surface area contributed by atoms with Gasteiger partial charge < -0.3 is 4.74 Å². The van der Waals surface area contributed by atoms with Crippen molar-refractivity contribution in [2.75, 3.05) is 0 Å². The second-order valence-electron chi connectivity index (χ2n) is 4.64. The zero-order valence-corrected chi connectivity index (χ0v) is 12.3. The van der Waals surface area contributed by atoms with E-state index < -0.39 is 5.82 Å². The maximum Gasteiger partial charge on any atom is 0.165 e. The van der Waals surface area contributed by atoms with E-state index >= 15 is 0 Å². The summed E-state index contributed by atoms with van der Waals surface area (Å²) in [6.45, 7) is 0.317. The van der Waals surface area contributed by atoms with Crippen LogP contribution < -0.4 is 4.74 Å². The van der Waals surface area contributed by atoms with Gasteiger partial charge in [-0.15, -0.1) is 0 Å². The van der Waals surface area contributed by atoms with Crippen LogP contribution in [0, 0.1) is 5.82 Å². The Kier molecular flexibility index (Phi) is 4.30. The molecule has 1 aromatic heterocycles. The molecule has 0 N–H and O–H groups in total. The average Bonchev–Trinajstić information content (AvgIpc) is 2.55. The summed E-state index contributed by atoms with van der Waals surface area (Å²) in [5, 5.41) is 0.298. The quantitative estimate of drug-likeness (QED) is 0.710. The van der Waals surface area contributed by atoms with E-state index in [0.29, 0.717) is 23.0 Å². The Labute approximate surface area is 132 Å². The van der Waals surface area contributed by atoms with Crippen molar-refractivity contribution in [3.8, 4) is 17.0 Å². The summed E-state index contributed by atoms with van der Waals surface area (Å²) in [5.41, 5.74) is 2.15. The molecule has 1 heterocycles. The molecule has 0 bridgehead atoms. The van der Waals surface area contributed by atoms with Gasteiger partial charge in [0.1, 0.15) is 11.8 Å². The van der Waals surface area contributed by atoms with Crippen molar-refractivity contribution in [1.82, 2.24) is 9.97 Å². The third-order valence-electron chi connectivity index (χ3n) is 3.09. The summed E-state index contributed by atoms with van der Waals surface area (Å²) in [7, 11) is 0. The van der Waals surface area contributed by atoms with Crippen molar-refractivity contribution in [1.29, 1.82) is 0 Å². The van der Waals surface area contributed by atoms with Crippen LogP contribution in [0.5, 0.6) is 5.75 Å². The van der Waals surface area contributed by atoms with E-state index in [0.717, 1.165) is 5.56 Å². The standard InChI is InChI=1S/C17H12ClFN2O/c18-17-10-20-15(9-21-17)13-6-7-16(14(19)8-13)22-11-12-4-2-1-3-5-12/h1-10H,11H2. The number of ether oxygens (including phenoxy) is 1. The molecular formula is C17H12ClFN2O. The number of hydrogen-bond acceptors (Lipinski definition) is 3. The van der Waals surface area contributed by atoms with Gasteiger partial charge in [0, 0.05) is 5.56 Å². The maximum atomic E-state index is 14.1. The van der Waals surface area contributed by atoms with Gasteiger partial charge in [-0.25, -0.2) is 9.37 Å². The van der Waals surface area contributed by atoms with Crippen LogP contribution in [0.3, 0.4) is 0 Å². The fourth-order valence-corrected chi connectivity index (χ4v) is 2.07. The molecule has 0 fully saturated rings. The lowest BCUT2D eigenvalue weighted by Crippen LogP contribution is -1.97. The zero-order valence-electron chi connectivity index (χ0n) is 11.5. The Morgan fingerprint density at radius 2 is 1.82 bits per heavy atom. The Morgan fingerprint density at radius 1 is 1.00 bits per heavy atom. The molecule has 0 radical (unpaired) electrons. The highest BCUT2D eigenvalue weighted by molar-refractivity contribution is 6.29. The molecule has 5 heteroatoms. The maximum absolute atomic E-state index is 14.1. The van der Waals surface area contributed by atoms with Crippen LogP contribution in [-0.4, -0.2) is 9.97 Å². The number of benzene rings is 2. The molecule has 2 aromatic carbocycles. The average molecular weight is 315 g/mol. The molecule has 3 aromatic rings. The van der Waals surface area contributed by atoms with E-state index in [9.17, 15) is 4.39 Å². The van der Waals surface area contributed by atoms with E-state index in [1.54, 1.807) is 12.1 Å². The van der Waals surface area contributed by atoms with Crippen LogP contribution in [0.1, 0.15) is 5.56 Å². The van der Waals surface area contributed by atoms with Crippen molar-refractivity contribution < 1.29 is 9.13 Å². The Balaban J connectivity index is 1.76. The molecule has 0 aliphatic rings.